The highest BCUT2D eigenvalue weighted by Gasteiger charge is 2.03. The van der Waals surface area contributed by atoms with Crippen molar-refractivity contribution in [3.63, 3.8) is 0 Å². The molecule has 0 heterocycles. The molecule has 0 aliphatic carbocycles. The van der Waals surface area contributed by atoms with Crippen molar-refractivity contribution in [3.05, 3.63) is 54.1 Å². The molecule has 0 atom stereocenters. The maximum atomic E-state index is 8.44. The highest BCUT2D eigenvalue weighted by Crippen LogP contribution is 2.26. The van der Waals surface area contributed by atoms with Gasteiger partial charge in [-0.05, 0) is 48.9 Å². The van der Waals surface area contributed by atoms with E-state index < -0.39 is 0 Å². The van der Waals surface area contributed by atoms with Crippen LogP contribution in [0.4, 0.5) is 0 Å². The molecule has 0 aliphatic heterocycles. The first-order chi connectivity index (χ1) is 10.8. The molecule has 0 saturated carbocycles. The SMILES string of the molecule is CCOc1ccccc1OCCOc1ccc(C=NO)cc1. The number of ether oxygens (including phenoxy) is 3. The number of benzene rings is 2. The van der Waals surface area contributed by atoms with Gasteiger partial charge in [0.25, 0.3) is 0 Å². The zero-order valence-electron chi connectivity index (χ0n) is 12.4. The van der Waals surface area contributed by atoms with Crippen LogP contribution in [0.1, 0.15) is 12.5 Å². The number of oxime groups is 1. The summed E-state index contributed by atoms with van der Waals surface area (Å²) in [4.78, 5) is 0. The molecule has 0 amide bonds. The summed E-state index contributed by atoms with van der Waals surface area (Å²) in [7, 11) is 0. The van der Waals surface area contributed by atoms with E-state index in [4.69, 9.17) is 19.4 Å². The zero-order chi connectivity index (χ0) is 15.6. The summed E-state index contributed by atoms with van der Waals surface area (Å²) in [5.41, 5.74) is 0.803. The topological polar surface area (TPSA) is 60.3 Å². The molecule has 2 rings (SSSR count). The van der Waals surface area contributed by atoms with E-state index in [0.717, 1.165) is 17.1 Å². The average molecular weight is 301 g/mol. The third kappa shape index (κ3) is 4.70. The molecule has 22 heavy (non-hydrogen) atoms. The van der Waals surface area contributed by atoms with Gasteiger partial charge in [0, 0.05) is 0 Å². The highest BCUT2D eigenvalue weighted by molar-refractivity contribution is 5.79. The first-order valence-corrected chi connectivity index (χ1v) is 7.08. The standard InChI is InChI=1S/C17H19NO4/c1-2-20-16-5-3-4-6-17(16)22-12-11-21-15-9-7-14(8-10-15)13-18-19/h3-10,13,19H,2,11-12H2,1H3. The van der Waals surface area contributed by atoms with Crippen molar-refractivity contribution in [1.29, 1.82) is 0 Å². The minimum Gasteiger partial charge on any atom is -0.490 e. The minimum absolute atomic E-state index is 0.421. The zero-order valence-corrected chi connectivity index (χ0v) is 12.4. The Morgan fingerprint density at radius 2 is 1.55 bits per heavy atom. The Kier molecular flexibility index (Phi) is 6.11. The van der Waals surface area contributed by atoms with E-state index in [1.54, 1.807) is 12.1 Å². The molecule has 0 aromatic heterocycles. The quantitative estimate of drug-likeness (QED) is 0.351. The Morgan fingerprint density at radius 1 is 0.909 bits per heavy atom. The summed E-state index contributed by atoms with van der Waals surface area (Å²) >= 11 is 0. The van der Waals surface area contributed by atoms with Crippen LogP contribution < -0.4 is 14.2 Å². The average Bonchev–Trinajstić information content (AvgIpc) is 2.55. The monoisotopic (exact) mass is 301 g/mol. The molecule has 0 fully saturated rings. The predicted octanol–water partition coefficient (Wildman–Crippen LogP) is 3.35. The van der Waals surface area contributed by atoms with Crippen molar-refractivity contribution in [2.24, 2.45) is 5.16 Å². The van der Waals surface area contributed by atoms with Crippen molar-refractivity contribution in [3.8, 4) is 17.2 Å². The van der Waals surface area contributed by atoms with Crippen molar-refractivity contribution >= 4 is 6.21 Å². The number of para-hydroxylation sites is 2. The van der Waals surface area contributed by atoms with Gasteiger partial charge in [0.05, 0.1) is 12.8 Å². The van der Waals surface area contributed by atoms with Crippen LogP contribution in [0.15, 0.2) is 53.7 Å². The number of hydrogen-bond donors (Lipinski definition) is 1. The van der Waals surface area contributed by atoms with E-state index in [9.17, 15) is 0 Å². The van der Waals surface area contributed by atoms with Gasteiger partial charge >= 0.3 is 0 Å². The van der Waals surface area contributed by atoms with Crippen LogP contribution in [-0.2, 0) is 0 Å². The van der Waals surface area contributed by atoms with Gasteiger partial charge in [-0.15, -0.1) is 0 Å². The van der Waals surface area contributed by atoms with Crippen LogP contribution >= 0.6 is 0 Å². The second kappa shape index (κ2) is 8.56. The Balaban J connectivity index is 1.79. The van der Waals surface area contributed by atoms with Crippen molar-refractivity contribution in [2.45, 2.75) is 6.92 Å². The molecule has 2 aromatic rings. The van der Waals surface area contributed by atoms with Crippen molar-refractivity contribution in [1.82, 2.24) is 0 Å². The Bertz CT molecular complexity index is 596. The van der Waals surface area contributed by atoms with E-state index in [1.165, 1.54) is 6.21 Å². The van der Waals surface area contributed by atoms with Gasteiger partial charge in [-0.25, -0.2) is 0 Å². The fraction of sp³-hybridized carbons (Fsp3) is 0.235. The maximum Gasteiger partial charge on any atom is 0.161 e. The highest BCUT2D eigenvalue weighted by atomic mass is 16.5. The summed E-state index contributed by atoms with van der Waals surface area (Å²) in [6.07, 6.45) is 1.36. The summed E-state index contributed by atoms with van der Waals surface area (Å²) in [5.74, 6) is 2.18. The first kappa shape index (κ1) is 15.7. The first-order valence-electron chi connectivity index (χ1n) is 7.08. The number of nitrogens with zero attached hydrogens (tertiary/aromatic N) is 1. The third-order valence-electron chi connectivity index (χ3n) is 2.85. The lowest BCUT2D eigenvalue weighted by Crippen LogP contribution is -2.09. The number of hydrogen-bond acceptors (Lipinski definition) is 5. The Labute approximate surface area is 129 Å². The van der Waals surface area contributed by atoms with E-state index in [2.05, 4.69) is 5.16 Å². The molecule has 0 unspecified atom stereocenters. The maximum absolute atomic E-state index is 8.44. The molecule has 1 N–H and O–H groups in total. The molecule has 0 radical (unpaired) electrons. The molecule has 5 heteroatoms. The fourth-order valence-electron chi connectivity index (χ4n) is 1.87. The van der Waals surface area contributed by atoms with Gasteiger partial charge in [-0.1, -0.05) is 17.3 Å². The molecule has 0 spiro atoms. The molecular weight excluding hydrogens is 282 g/mol. The van der Waals surface area contributed by atoms with Crippen LogP contribution in [0, 0.1) is 0 Å². The Morgan fingerprint density at radius 3 is 2.18 bits per heavy atom. The van der Waals surface area contributed by atoms with E-state index in [-0.39, 0.29) is 0 Å². The van der Waals surface area contributed by atoms with E-state index >= 15 is 0 Å². The molecular formula is C17H19NO4. The van der Waals surface area contributed by atoms with Crippen LogP contribution in [-0.4, -0.2) is 31.2 Å². The Hall–Kier alpha value is -2.69. The molecule has 0 aliphatic rings. The lowest BCUT2D eigenvalue weighted by atomic mass is 10.2. The second-order valence-corrected chi connectivity index (χ2v) is 4.39. The summed E-state index contributed by atoms with van der Waals surface area (Å²) in [6, 6.07) is 14.8. The normalized spacial score (nSPS) is 10.6. The van der Waals surface area contributed by atoms with Crippen molar-refractivity contribution in [2.75, 3.05) is 19.8 Å². The molecule has 116 valence electrons. The minimum atomic E-state index is 0.421. The lowest BCUT2D eigenvalue weighted by Gasteiger charge is -2.12. The van der Waals surface area contributed by atoms with Crippen LogP contribution in [0.3, 0.4) is 0 Å². The summed E-state index contributed by atoms with van der Waals surface area (Å²) < 4.78 is 16.7. The van der Waals surface area contributed by atoms with Gasteiger partial charge in [0.2, 0.25) is 0 Å². The number of rotatable bonds is 8. The van der Waals surface area contributed by atoms with Gasteiger partial charge in [0.15, 0.2) is 11.5 Å². The van der Waals surface area contributed by atoms with E-state index in [1.807, 2.05) is 43.3 Å². The largest absolute Gasteiger partial charge is 0.490 e. The summed E-state index contributed by atoms with van der Waals surface area (Å²) in [5, 5.41) is 11.4. The van der Waals surface area contributed by atoms with Crippen molar-refractivity contribution < 1.29 is 19.4 Å². The van der Waals surface area contributed by atoms with Crippen LogP contribution in [0.2, 0.25) is 0 Å². The molecule has 5 nitrogen and oxygen atoms in total. The smallest absolute Gasteiger partial charge is 0.161 e. The molecule has 0 bridgehead atoms. The fourth-order valence-corrected chi connectivity index (χ4v) is 1.87. The second-order valence-electron chi connectivity index (χ2n) is 4.39. The van der Waals surface area contributed by atoms with Gasteiger partial charge in [-0.2, -0.15) is 0 Å². The van der Waals surface area contributed by atoms with Gasteiger partial charge in [-0.3, -0.25) is 0 Å². The predicted molar refractivity (Wildman–Crippen MR) is 84.4 cm³/mol. The van der Waals surface area contributed by atoms with Crippen LogP contribution in [0.5, 0.6) is 17.2 Å². The molecule has 2 aromatic carbocycles. The van der Waals surface area contributed by atoms with E-state index in [0.29, 0.717) is 25.6 Å². The van der Waals surface area contributed by atoms with Crippen LogP contribution in [0.25, 0.3) is 0 Å². The lowest BCUT2D eigenvalue weighted by molar-refractivity contribution is 0.208. The summed E-state index contributed by atoms with van der Waals surface area (Å²) in [6.45, 7) is 3.38. The van der Waals surface area contributed by atoms with Gasteiger partial charge in [0.1, 0.15) is 19.0 Å². The molecule has 0 saturated heterocycles. The third-order valence-corrected chi connectivity index (χ3v) is 2.85. The van der Waals surface area contributed by atoms with Gasteiger partial charge < -0.3 is 19.4 Å².